The molecule has 1 aliphatic rings. The van der Waals surface area contributed by atoms with Crippen LogP contribution in [0, 0.1) is 0 Å². The maximum atomic E-state index is 11.6. The van der Waals surface area contributed by atoms with Crippen molar-refractivity contribution >= 4 is 11.9 Å². The van der Waals surface area contributed by atoms with Crippen molar-refractivity contribution in [1.29, 1.82) is 0 Å². The Bertz CT molecular complexity index is 256. The summed E-state index contributed by atoms with van der Waals surface area (Å²) in [6.07, 6.45) is 2.72. The van der Waals surface area contributed by atoms with Crippen molar-refractivity contribution < 1.29 is 24.5 Å². The van der Waals surface area contributed by atoms with Crippen LogP contribution in [-0.2, 0) is 14.3 Å². The summed E-state index contributed by atoms with van der Waals surface area (Å²) < 4.78 is 4.73. The van der Waals surface area contributed by atoms with Gasteiger partial charge in [0.2, 0.25) is 5.91 Å². The zero-order valence-electron chi connectivity index (χ0n) is 9.09. The fourth-order valence-corrected chi connectivity index (χ4v) is 1.83. The molecule has 92 valence electrons. The van der Waals surface area contributed by atoms with Crippen molar-refractivity contribution in [3.8, 4) is 0 Å². The average Bonchev–Trinajstić information content (AvgIpc) is 2.28. The molecule has 16 heavy (non-hydrogen) atoms. The van der Waals surface area contributed by atoms with Crippen LogP contribution in [0.4, 0.5) is 0 Å². The summed E-state index contributed by atoms with van der Waals surface area (Å²) in [6, 6.07) is -0.144. The highest BCUT2D eigenvalue weighted by molar-refractivity contribution is 5.78. The van der Waals surface area contributed by atoms with Crippen molar-refractivity contribution in [2.45, 2.75) is 25.3 Å². The van der Waals surface area contributed by atoms with Gasteiger partial charge in [0.25, 0.3) is 0 Å². The second-order valence-corrected chi connectivity index (χ2v) is 3.81. The minimum absolute atomic E-state index is 0.0509. The number of carboxylic acid groups (broad SMARTS) is 1. The number of hydrogen-bond acceptors (Lipinski definition) is 4. The number of carboxylic acids is 1. The summed E-state index contributed by atoms with van der Waals surface area (Å²) in [5.74, 6) is -1.34. The van der Waals surface area contributed by atoms with Gasteiger partial charge in [-0.3, -0.25) is 4.79 Å². The molecule has 1 amide bonds. The van der Waals surface area contributed by atoms with Crippen LogP contribution in [0.3, 0.4) is 0 Å². The largest absolute Gasteiger partial charge is 0.480 e. The molecule has 1 unspecified atom stereocenters. The van der Waals surface area contributed by atoms with Crippen LogP contribution in [0.5, 0.6) is 0 Å². The van der Waals surface area contributed by atoms with E-state index >= 15 is 0 Å². The molecule has 0 aromatic carbocycles. The number of piperidine rings is 1. The van der Waals surface area contributed by atoms with Crippen LogP contribution in [0.2, 0.25) is 0 Å². The number of rotatable bonds is 5. The van der Waals surface area contributed by atoms with Gasteiger partial charge in [-0.05, 0) is 19.3 Å². The Kier molecular flexibility index (Phi) is 5.21. The Labute approximate surface area is 93.8 Å². The first-order valence-corrected chi connectivity index (χ1v) is 5.35. The molecule has 1 atom stereocenters. The fraction of sp³-hybridized carbons (Fsp3) is 0.800. The van der Waals surface area contributed by atoms with Gasteiger partial charge in [0.1, 0.15) is 13.2 Å². The standard InChI is InChI=1S/C10H17NO5/c12-5-8-3-1-2-4-11(8)9(13)6-16-7-10(14)15/h8,12H,1-7H2,(H,14,15). The van der Waals surface area contributed by atoms with E-state index in [4.69, 9.17) is 14.9 Å². The lowest BCUT2D eigenvalue weighted by Crippen LogP contribution is -2.47. The molecule has 0 aliphatic carbocycles. The maximum absolute atomic E-state index is 11.6. The fourth-order valence-electron chi connectivity index (χ4n) is 1.83. The topological polar surface area (TPSA) is 87.1 Å². The number of ether oxygens (including phenoxy) is 1. The van der Waals surface area contributed by atoms with E-state index in [-0.39, 0.29) is 25.2 Å². The summed E-state index contributed by atoms with van der Waals surface area (Å²) in [6.45, 7) is -0.142. The van der Waals surface area contributed by atoms with Gasteiger partial charge in [-0.15, -0.1) is 0 Å². The molecule has 1 aliphatic heterocycles. The smallest absolute Gasteiger partial charge is 0.329 e. The number of nitrogens with zero attached hydrogens (tertiary/aromatic N) is 1. The molecule has 0 radical (unpaired) electrons. The molecule has 6 heteroatoms. The Morgan fingerprint density at radius 1 is 1.31 bits per heavy atom. The van der Waals surface area contributed by atoms with E-state index in [0.717, 1.165) is 19.3 Å². The van der Waals surface area contributed by atoms with Crippen molar-refractivity contribution in [1.82, 2.24) is 4.90 Å². The first-order valence-electron chi connectivity index (χ1n) is 5.35. The normalized spacial score (nSPS) is 20.8. The monoisotopic (exact) mass is 231 g/mol. The number of aliphatic hydroxyl groups excluding tert-OH is 1. The van der Waals surface area contributed by atoms with E-state index in [1.165, 1.54) is 0 Å². The van der Waals surface area contributed by atoms with Crippen LogP contribution < -0.4 is 0 Å². The number of likely N-dealkylation sites (tertiary alicyclic amines) is 1. The number of amides is 1. The highest BCUT2D eigenvalue weighted by Crippen LogP contribution is 2.16. The Morgan fingerprint density at radius 3 is 2.69 bits per heavy atom. The van der Waals surface area contributed by atoms with E-state index in [2.05, 4.69) is 0 Å². The van der Waals surface area contributed by atoms with E-state index in [0.29, 0.717) is 6.54 Å². The third-order valence-corrected chi connectivity index (χ3v) is 2.61. The molecule has 0 bridgehead atoms. The summed E-state index contributed by atoms with van der Waals surface area (Å²) in [7, 11) is 0. The van der Waals surface area contributed by atoms with Crippen molar-refractivity contribution in [3.63, 3.8) is 0 Å². The molecule has 0 aromatic heterocycles. The second-order valence-electron chi connectivity index (χ2n) is 3.81. The lowest BCUT2D eigenvalue weighted by Gasteiger charge is -2.34. The van der Waals surface area contributed by atoms with Gasteiger partial charge in [0.15, 0.2) is 0 Å². The Hall–Kier alpha value is -1.14. The molecule has 1 rings (SSSR count). The van der Waals surface area contributed by atoms with Gasteiger partial charge in [-0.1, -0.05) is 0 Å². The molecule has 6 nitrogen and oxygen atoms in total. The third-order valence-electron chi connectivity index (χ3n) is 2.61. The van der Waals surface area contributed by atoms with Gasteiger partial charge < -0.3 is 19.8 Å². The molecule has 0 spiro atoms. The first-order chi connectivity index (χ1) is 7.65. The van der Waals surface area contributed by atoms with Gasteiger partial charge in [0.05, 0.1) is 12.6 Å². The number of aliphatic hydroxyl groups is 1. The zero-order chi connectivity index (χ0) is 12.0. The minimum atomic E-state index is -1.09. The van der Waals surface area contributed by atoms with Gasteiger partial charge in [0, 0.05) is 6.54 Å². The molecular formula is C10H17NO5. The first kappa shape index (κ1) is 12.9. The highest BCUT2D eigenvalue weighted by Gasteiger charge is 2.25. The van der Waals surface area contributed by atoms with Crippen LogP contribution in [-0.4, -0.2) is 59.4 Å². The number of carbonyl (C=O) groups excluding carboxylic acids is 1. The van der Waals surface area contributed by atoms with Crippen molar-refractivity contribution in [2.75, 3.05) is 26.4 Å². The number of carbonyl (C=O) groups is 2. The number of aliphatic carboxylic acids is 1. The quantitative estimate of drug-likeness (QED) is 0.663. The van der Waals surface area contributed by atoms with Crippen molar-refractivity contribution in [3.05, 3.63) is 0 Å². The molecule has 1 fully saturated rings. The minimum Gasteiger partial charge on any atom is -0.480 e. The molecule has 0 aromatic rings. The van der Waals surface area contributed by atoms with Crippen molar-refractivity contribution in [2.24, 2.45) is 0 Å². The van der Waals surface area contributed by atoms with Crippen LogP contribution in [0.1, 0.15) is 19.3 Å². The summed E-state index contributed by atoms with van der Waals surface area (Å²) in [4.78, 5) is 23.4. The van der Waals surface area contributed by atoms with E-state index in [9.17, 15) is 9.59 Å². The second kappa shape index (κ2) is 6.44. The predicted octanol–water partition coefficient (Wildman–Crippen LogP) is -0.539. The lowest BCUT2D eigenvalue weighted by atomic mass is 10.0. The zero-order valence-corrected chi connectivity index (χ0v) is 9.09. The van der Waals surface area contributed by atoms with E-state index in [1.807, 2.05) is 0 Å². The average molecular weight is 231 g/mol. The van der Waals surface area contributed by atoms with E-state index < -0.39 is 12.6 Å². The van der Waals surface area contributed by atoms with Crippen LogP contribution in [0.25, 0.3) is 0 Å². The SMILES string of the molecule is O=C(O)COCC(=O)N1CCCCC1CO. The molecule has 2 N–H and O–H groups in total. The number of hydrogen-bond donors (Lipinski definition) is 2. The molecular weight excluding hydrogens is 214 g/mol. The van der Waals surface area contributed by atoms with Gasteiger partial charge in [-0.2, -0.15) is 0 Å². The maximum Gasteiger partial charge on any atom is 0.329 e. The van der Waals surface area contributed by atoms with Crippen LogP contribution in [0.15, 0.2) is 0 Å². The van der Waals surface area contributed by atoms with E-state index in [1.54, 1.807) is 4.90 Å². The Morgan fingerprint density at radius 2 is 2.06 bits per heavy atom. The van der Waals surface area contributed by atoms with Gasteiger partial charge >= 0.3 is 5.97 Å². The summed E-state index contributed by atoms with van der Waals surface area (Å²) in [5.41, 5.74) is 0. The predicted molar refractivity (Wildman–Crippen MR) is 54.9 cm³/mol. The molecule has 1 heterocycles. The lowest BCUT2D eigenvalue weighted by molar-refractivity contribution is -0.147. The highest BCUT2D eigenvalue weighted by atomic mass is 16.5. The molecule has 0 saturated carbocycles. The molecule has 1 saturated heterocycles. The third kappa shape index (κ3) is 3.79. The summed E-state index contributed by atoms with van der Waals surface area (Å²) >= 11 is 0. The van der Waals surface area contributed by atoms with Gasteiger partial charge in [-0.25, -0.2) is 4.79 Å². The Balaban J connectivity index is 2.35. The van der Waals surface area contributed by atoms with Crippen LogP contribution >= 0.6 is 0 Å². The summed E-state index contributed by atoms with van der Waals surface area (Å²) in [5, 5.41) is 17.4.